The van der Waals surface area contributed by atoms with E-state index in [0.29, 0.717) is 17.6 Å². The molecule has 1 amide bonds. The van der Waals surface area contributed by atoms with E-state index in [1.54, 1.807) is 6.07 Å². The molecule has 1 saturated carbocycles. The van der Waals surface area contributed by atoms with E-state index in [0.717, 1.165) is 17.1 Å². The number of nitrogens with zero attached hydrogens (tertiary/aromatic N) is 1. The summed E-state index contributed by atoms with van der Waals surface area (Å²) in [5, 5.41) is 0. The molecule has 4 nitrogen and oxygen atoms in total. The summed E-state index contributed by atoms with van der Waals surface area (Å²) in [5.74, 6) is 2.42. The van der Waals surface area contributed by atoms with Crippen LogP contribution < -0.4 is 0 Å². The van der Waals surface area contributed by atoms with Crippen molar-refractivity contribution < 1.29 is 27.1 Å². The van der Waals surface area contributed by atoms with E-state index in [1.807, 2.05) is 6.07 Å². The van der Waals surface area contributed by atoms with Crippen LogP contribution in [0.15, 0.2) is 16.5 Å². The molecular formula is C13H16F3NO3. The Morgan fingerprint density at radius 2 is 2.15 bits per heavy atom. The van der Waals surface area contributed by atoms with E-state index in [4.69, 9.17) is 4.42 Å². The maximum absolute atomic E-state index is 11.9. The van der Waals surface area contributed by atoms with Crippen molar-refractivity contribution in [1.82, 2.24) is 4.90 Å². The molecule has 0 spiro atoms. The first-order valence-electron chi connectivity index (χ1n) is 6.29. The van der Waals surface area contributed by atoms with Gasteiger partial charge in [0.2, 0.25) is 0 Å². The standard InChI is InChI=1S/C13H16F3NO3/c1-8-5-10(8)11-4-3-9(20-11)6-17(2)12(18)19-7-13(14,15)16/h3-4,8,10H,5-7H2,1-2H3. The van der Waals surface area contributed by atoms with Gasteiger partial charge in [-0.2, -0.15) is 13.2 Å². The minimum Gasteiger partial charge on any atom is -0.464 e. The molecule has 1 aromatic heterocycles. The number of halogens is 3. The number of hydrogen-bond donors (Lipinski definition) is 0. The van der Waals surface area contributed by atoms with Crippen LogP contribution in [0.2, 0.25) is 0 Å². The van der Waals surface area contributed by atoms with Gasteiger partial charge >= 0.3 is 12.3 Å². The van der Waals surface area contributed by atoms with Gasteiger partial charge in [-0.25, -0.2) is 4.79 Å². The molecule has 1 aliphatic rings. The number of amides is 1. The smallest absolute Gasteiger partial charge is 0.422 e. The highest BCUT2D eigenvalue weighted by Crippen LogP contribution is 2.47. The van der Waals surface area contributed by atoms with Gasteiger partial charge in [-0.15, -0.1) is 0 Å². The fraction of sp³-hybridized carbons (Fsp3) is 0.615. The van der Waals surface area contributed by atoms with Crippen LogP contribution in [0.5, 0.6) is 0 Å². The normalized spacial score (nSPS) is 21.6. The number of furan rings is 1. The third kappa shape index (κ3) is 3.91. The lowest BCUT2D eigenvalue weighted by Crippen LogP contribution is -2.30. The third-order valence-corrected chi connectivity index (χ3v) is 3.22. The zero-order chi connectivity index (χ0) is 14.9. The topological polar surface area (TPSA) is 42.7 Å². The third-order valence-electron chi connectivity index (χ3n) is 3.22. The Hall–Kier alpha value is -1.66. The van der Waals surface area contributed by atoms with E-state index in [9.17, 15) is 18.0 Å². The van der Waals surface area contributed by atoms with Crippen LogP contribution in [-0.2, 0) is 11.3 Å². The van der Waals surface area contributed by atoms with Crippen LogP contribution >= 0.6 is 0 Å². The monoisotopic (exact) mass is 291 g/mol. The lowest BCUT2D eigenvalue weighted by molar-refractivity contribution is -0.162. The van der Waals surface area contributed by atoms with Gasteiger partial charge in [-0.05, 0) is 24.5 Å². The van der Waals surface area contributed by atoms with Crippen molar-refractivity contribution in [2.45, 2.75) is 32.0 Å². The Kier molecular flexibility index (Phi) is 3.96. The van der Waals surface area contributed by atoms with Crippen LogP contribution in [0.4, 0.5) is 18.0 Å². The van der Waals surface area contributed by atoms with Crippen molar-refractivity contribution >= 4 is 6.09 Å². The molecule has 2 unspecified atom stereocenters. The maximum atomic E-state index is 11.9. The molecule has 0 radical (unpaired) electrons. The lowest BCUT2D eigenvalue weighted by atomic mass is 10.3. The van der Waals surface area contributed by atoms with Crippen LogP contribution in [0.1, 0.15) is 30.8 Å². The van der Waals surface area contributed by atoms with Crippen LogP contribution in [0.25, 0.3) is 0 Å². The van der Waals surface area contributed by atoms with E-state index in [2.05, 4.69) is 11.7 Å². The number of alkyl halides is 3. The lowest BCUT2D eigenvalue weighted by Gasteiger charge is -2.16. The second-order valence-corrected chi connectivity index (χ2v) is 5.15. The molecule has 0 bridgehead atoms. The largest absolute Gasteiger partial charge is 0.464 e. The zero-order valence-electron chi connectivity index (χ0n) is 11.2. The minimum absolute atomic E-state index is 0.0811. The second kappa shape index (κ2) is 5.38. The highest BCUT2D eigenvalue weighted by Gasteiger charge is 2.36. The minimum atomic E-state index is -4.52. The van der Waals surface area contributed by atoms with Crippen LogP contribution in [0.3, 0.4) is 0 Å². The molecule has 2 rings (SSSR count). The molecule has 1 aliphatic carbocycles. The quantitative estimate of drug-likeness (QED) is 0.852. The van der Waals surface area contributed by atoms with Gasteiger partial charge in [-0.1, -0.05) is 6.92 Å². The summed E-state index contributed by atoms with van der Waals surface area (Å²) in [6.45, 7) is 0.616. The fourth-order valence-corrected chi connectivity index (χ4v) is 1.95. The molecule has 1 aromatic rings. The summed E-state index contributed by atoms with van der Waals surface area (Å²) in [6.07, 6.45) is -4.47. The highest BCUT2D eigenvalue weighted by molar-refractivity contribution is 5.67. The van der Waals surface area contributed by atoms with Crippen molar-refractivity contribution in [3.63, 3.8) is 0 Å². The van der Waals surface area contributed by atoms with Gasteiger partial charge in [0.1, 0.15) is 11.5 Å². The van der Waals surface area contributed by atoms with Gasteiger partial charge in [0.15, 0.2) is 6.61 Å². The molecule has 2 atom stereocenters. The van der Waals surface area contributed by atoms with Crippen LogP contribution in [-0.4, -0.2) is 30.8 Å². The summed E-state index contributed by atoms with van der Waals surface area (Å²) in [5.41, 5.74) is 0. The van der Waals surface area contributed by atoms with Crippen molar-refractivity contribution in [3.05, 3.63) is 23.7 Å². The Morgan fingerprint density at radius 3 is 2.70 bits per heavy atom. The van der Waals surface area contributed by atoms with E-state index < -0.39 is 18.9 Å². The van der Waals surface area contributed by atoms with Crippen molar-refractivity contribution in [2.75, 3.05) is 13.7 Å². The summed E-state index contributed by atoms with van der Waals surface area (Å²) in [7, 11) is 1.36. The van der Waals surface area contributed by atoms with E-state index in [1.165, 1.54) is 7.05 Å². The molecule has 7 heteroatoms. The van der Waals surface area contributed by atoms with Crippen molar-refractivity contribution in [1.29, 1.82) is 0 Å². The van der Waals surface area contributed by atoms with Gasteiger partial charge in [0.25, 0.3) is 0 Å². The summed E-state index contributed by atoms with van der Waals surface area (Å²) in [4.78, 5) is 12.4. The molecule has 0 aliphatic heterocycles. The Bertz CT molecular complexity index is 483. The summed E-state index contributed by atoms with van der Waals surface area (Å²) < 4.78 is 45.5. The van der Waals surface area contributed by atoms with Gasteiger partial charge in [0.05, 0.1) is 6.54 Å². The second-order valence-electron chi connectivity index (χ2n) is 5.15. The van der Waals surface area contributed by atoms with Crippen molar-refractivity contribution in [3.8, 4) is 0 Å². The number of hydrogen-bond acceptors (Lipinski definition) is 3. The fourth-order valence-electron chi connectivity index (χ4n) is 1.95. The number of carbonyl (C=O) groups is 1. The first-order chi connectivity index (χ1) is 9.26. The average molecular weight is 291 g/mol. The molecular weight excluding hydrogens is 275 g/mol. The predicted octanol–water partition coefficient (Wildman–Crippen LogP) is 3.53. The molecule has 20 heavy (non-hydrogen) atoms. The Labute approximate surface area is 114 Å². The Morgan fingerprint density at radius 1 is 1.50 bits per heavy atom. The highest BCUT2D eigenvalue weighted by atomic mass is 19.4. The molecule has 0 saturated heterocycles. The van der Waals surface area contributed by atoms with Gasteiger partial charge in [-0.3, -0.25) is 0 Å². The molecule has 0 N–H and O–H groups in total. The SMILES string of the molecule is CC1CC1c1ccc(CN(C)C(=O)OCC(F)(F)F)o1. The van der Waals surface area contributed by atoms with E-state index in [-0.39, 0.29) is 6.54 Å². The average Bonchev–Trinajstić information content (AvgIpc) is 2.88. The molecule has 1 fully saturated rings. The number of rotatable bonds is 4. The number of carbonyl (C=O) groups excluding carboxylic acids is 1. The molecule has 1 heterocycles. The van der Waals surface area contributed by atoms with Crippen LogP contribution in [0, 0.1) is 5.92 Å². The summed E-state index contributed by atoms with van der Waals surface area (Å²) in [6, 6.07) is 3.58. The van der Waals surface area contributed by atoms with Gasteiger partial charge in [0, 0.05) is 13.0 Å². The van der Waals surface area contributed by atoms with E-state index >= 15 is 0 Å². The number of ether oxygens (including phenoxy) is 1. The predicted molar refractivity (Wildman–Crippen MR) is 64.1 cm³/mol. The molecule has 0 aromatic carbocycles. The molecule has 112 valence electrons. The zero-order valence-corrected chi connectivity index (χ0v) is 11.2. The summed E-state index contributed by atoms with van der Waals surface area (Å²) >= 11 is 0. The van der Waals surface area contributed by atoms with Gasteiger partial charge < -0.3 is 14.1 Å². The first kappa shape index (κ1) is 14.7. The Balaban J connectivity index is 1.83. The van der Waals surface area contributed by atoms with Crippen molar-refractivity contribution in [2.24, 2.45) is 5.92 Å². The first-order valence-corrected chi connectivity index (χ1v) is 6.29. The maximum Gasteiger partial charge on any atom is 0.422 e.